The molecule has 2 aromatic rings. The van der Waals surface area contributed by atoms with Crippen LogP contribution < -0.4 is 16.4 Å². The number of rotatable bonds is 9. The van der Waals surface area contributed by atoms with Crippen LogP contribution in [0, 0.1) is 17.6 Å². The van der Waals surface area contributed by atoms with Crippen molar-refractivity contribution in [2.45, 2.75) is 71.0 Å². The van der Waals surface area contributed by atoms with Crippen molar-refractivity contribution in [3.05, 3.63) is 70.3 Å². The number of carbonyl (C=O) groups excluding carboxylic acids is 1. The molecule has 4 nitrogen and oxygen atoms in total. The molecule has 3 atom stereocenters. The lowest BCUT2D eigenvalue weighted by Gasteiger charge is -2.31. The highest BCUT2D eigenvalue weighted by Crippen LogP contribution is 2.31. The molecule has 0 saturated heterocycles. The molecule has 32 heavy (non-hydrogen) atoms. The molecule has 0 saturated carbocycles. The van der Waals surface area contributed by atoms with Gasteiger partial charge in [0.2, 0.25) is 5.91 Å². The molecule has 0 radical (unpaired) electrons. The Morgan fingerprint density at radius 3 is 2.47 bits per heavy atom. The average Bonchev–Trinajstić information content (AvgIpc) is 2.70. The molecule has 1 aliphatic carbocycles. The van der Waals surface area contributed by atoms with Crippen molar-refractivity contribution in [2.24, 2.45) is 11.7 Å². The largest absolute Gasteiger partial charge is 0.352 e. The lowest BCUT2D eigenvalue weighted by Crippen LogP contribution is -2.53. The Labute approximate surface area is 190 Å². The van der Waals surface area contributed by atoms with Gasteiger partial charge in [-0.15, -0.1) is 0 Å². The van der Waals surface area contributed by atoms with Crippen molar-refractivity contribution in [1.82, 2.24) is 10.6 Å². The molecule has 3 rings (SSSR count). The summed E-state index contributed by atoms with van der Waals surface area (Å²) in [4.78, 5) is 11.7. The van der Waals surface area contributed by atoms with Crippen LogP contribution in [0.5, 0.6) is 0 Å². The van der Waals surface area contributed by atoms with E-state index >= 15 is 0 Å². The van der Waals surface area contributed by atoms with Crippen LogP contribution in [0.4, 0.5) is 8.78 Å². The van der Waals surface area contributed by atoms with Gasteiger partial charge in [0, 0.05) is 37.7 Å². The minimum atomic E-state index is -0.635. The van der Waals surface area contributed by atoms with Crippen LogP contribution in [0.15, 0.2) is 36.4 Å². The molecule has 0 spiro atoms. The Kier molecular flexibility index (Phi) is 8.38. The smallest absolute Gasteiger partial charge is 0.217 e. The number of aryl methyl sites for hydroxylation is 1. The van der Waals surface area contributed by atoms with Crippen LogP contribution >= 0.6 is 0 Å². The van der Waals surface area contributed by atoms with E-state index in [0.29, 0.717) is 18.0 Å². The Bertz CT molecular complexity index is 911. The molecule has 3 unspecified atom stereocenters. The number of halogens is 2. The Hall–Kier alpha value is -2.31. The van der Waals surface area contributed by atoms with Gasteiger partial charge in [-0.1, -0.05) is 32.0 Å². The third-order valence-corrected chi connectivity index (χ3v) is 6.05. The summed E-state index contributed by atoms with van der Waals surface area (Å²) >= 11 is 0. The lowest BCUT2D eigenvalue weighted by atomic mass is 9.85. The van der Waals surface area contributed by atoms with E-state index in [4.69, 9.17) is 5.73 Å². The van der Waals surface area contributed by atoms with Crippen LogP contribution in [-0.4, -0.2) is 24.5 Å². The predicted octanol–water partition coefficient (Wildman–Crippen LogP) is 4.21. The summed E-state index contributed by atoms with van der Waals surface area (Å²) in [7, 11) is 0. The molecule has 174 valence electrons. The molecule has 0 bridgehead atoms. The Balaban J connectivity index is 1.69. The first-order valence-corrected chi connectivity index (χ1v) is 11.5. The summed E-state index contributed by atoms with van der Waals surface area (Å²) in [6.45, 7) is 6.36. The number of nitrogens with one attached hydrogen (secondary N) is 2. The van der Waals surface area contributed by atoms with E-state index in [9.17, 15) is 13.6 Å². The summed E-state index contributed by atoms with van der Waals surface area (Å²) in [6, 6.07) is 9.58. The second-order valence-corrected chi connectivity index (χ2v) is 9.44. The van der Waals surface area contributed by atoms with Crippen LogP contribution in [-0.2, 0) is 24.1 Å². The van der Waals surface area contributed by atoms with Gasteiger partial charge in [-0.05, 0) is 72.4 Å². The van der Waals surface area contributed by atoms with E-state index in [0.717, 1.165) is 31.7 Å². The molecule has 0 fully saturated rings. The number of nitrogens with two attached hydrogens (primary N) is 1. The highest BCUT2D eigenvalue weighted by Gasteiger charge is 2.24. The van der Waals surface area contributed by atoms with E-state index in [-0.39, 0.29) is 18.4 Å². The maximum Gasteiger partial charge on any atom is 0.217 e. The molecule has 1 amide bonds. The minimum Gasteiger partial charge on any atom is -0.352 e. The first kappa shape index (κ1) is 24.3. The van der Waals surface area contributed by atoms with Crippen LogP contribution in [0.3, 0.4) is 0 Å². The molecule has 2 aromatic carbocycles. The highest BCUT2D eigenvalue weighted by molar-refractivity contribution is 5.73. The van der Waals surface area contributed by atoms with E-state index in [1.807, 2.05) is 0 Å². The van der Waals surface area contributed by atoms with Crippen LogP contribution in [0.25, 0.3) is 0 Å². The zero-order chi connectivity index (χ0) is 23.3. The Morgan fingerprint density at radius 2 is 1.81 bits per heavy atom. The number of carbonyl (C=O) groups is 1. The first-order chi connectivity index (χ1) is 15.2. The van der Waals surface area contributed by atoms with Gasteiger partial charge in [-0.2, -0.15) is 0 Å². The van der Waals surface area contributed by atoms with Crippen molar-refractivity contribution >= 4 is 5.91 Å². The summed E-state index contributed by atoms with van der Waals surface area (Å²) in [5.74, 6) is -0.889. The molecule has 0 aliphatic heterocycles. The van der Waals surface area contributed by atoms with Gasteiger partial charge < -0.3 is 16.4 Å². The maximum atomic E-state index is 13.6. The zero-order valence-electron chi connectivity index (χ0n) is 19.3. The fourth-order valence-electron chi connectivity index (χ4n) is 4.63. The number of fused-ring (bicyclic) bond motifs is 1. The van der Waals surface area contributed by atoms with Crippen molar-refractivity contribution < 1.29 is 13.6 Å². The minimum absolute atomic E-state index is 0.210. The molecule has 6 heteroatoms. The fraction of sp³-hybridized carbons (Fsp3) is 0.500. The highest BCUT2D eigenvalue weighted by atomic mass is 19.1. The van der Waals surface area contributed by atoms with Gasteiger partial charge in [-0.3, -0.25) is 4.79 Å². The third kappa shape index (κ3) is 6.84. The van der Waals surface area contributed by atoms with Crippen molar-refractivity contribution in [1.29, 1.82) is 0 Å². The number of hydrogen-bond acceptors (Lipinski definition) is 3. The maximum absolute atomic E-state index is 13.6. The zero-order valence-corrected chi connectivity index (χ0v) is 19.3. The van der Waals surface area contributed by atoms with Crippen molar-refractivity contribution in [3.8, 4) is 0 Å². The second kappa shape index (κ2) is 11.0. The predicted molar refractivity (Wildman–Crippen MR) is 124 cm³/mol. The molecule has 1 aliphatic rings. The van der Waals surface area contributed by atoms with E-state index in [2.05, 4.69) is 42.7 Å². The van der Waals surface area contributed by atoms with E-state index in [1.165, 1.54) is 35.7 Å². The van der Waals surface area contributed by atoms with Crippen LogP contribution in [0.1, 0.15) is 61.9 Å². The Morgan fingerprint density at radius 1 is 1.09 bits per heavy atom. The standard InChI is InChI=1S/C26H35F2N3O/c1-16(2)9-18-7-8-20-5-4-6-25(23(20)12-18)30-15-24(29)26(31-17(3)32)13-19-10-21(27)14-22(28)11-19/h7-8,10-12,14,16,24-26,30H,4-6,9,13,15,29H2,1-3H3,(H,31,32). The van der Waals surface area contributed by atoms with Gasteiger partial charge in [0.25, 0.3) is 0 Å². The van der Waals surface area contributed by atoms with Gasteiger partial charge >= 0.3 is 0 Å². The second-order valence-electron chi connectivity index (χ2n) is 9.44. The van der Waals surface area contributed by atoms with Crippen molar-refractivity contribution in [3.63, 3.8) is 0 Å². The number of amides is 1. The summed E-state index contributed by atoms with van der Waals surface area (Å²) < 4.78 is 27.2. The van der Waals surface area contributed by atoms with Gasteiger partial charge in [-0.25, -0.2) is 8.78 Å². The van der Waals surface area contributed by atoms with Crippen molar-refractivity contribution in [2.75, 3.05) is 6.54 Å². The summed E-state index contributed by atoms with van der Waals surface area (Å²) in [5, 5.41) is 6.45. The van der Waals surface area contributed by atoms with Gasteiger partial charge in [0.05, 0.1) is 0 Å². The normalized spacial score (nSPS) is 17.7. The molecular formula is C26H35F2N3O. The number of benzene rings is 2. The average molecular weight is 444 g/mol. The lowest BCUT2D eigenvalue weighted by molar-refractivity contribution is -0.119. The molecule has 0 aromatic heterocycles. The van der Waals surface area contributed by atoms with E-state index < -0.39 is 23.7 Å². The van der Waals surface area contributed by atoms with Gasteiger partial charge in [0.15, 0.2) is 0 Å². The van der Waals surface area contributed by atoms with Crippen LogP contribution in [0.2, 0.25) is 0 Å². The summed E-state index contributed by atoms with van der Waals surface area (Å²) in [6.07, 6.45) is 4.54. The number of hydrogen-bond donors (Lipinski definition) is 3. The van der Waals surface area contributed by atoms with E-state index in [1.54, 1.807) is 0 Å². The fourth-order valence-corrected chi connectivity index (χ4v) is 4.63. The monoisotopic (exact) mass is 443 g/mol. The molecular weight excluding hydrogens is 408 g/mol. The summed E-state index contributed by atoms with van der Waals surface area (Å²) in [5.41, 5.74) is 11.0. The SMILES string of the molecule is CC(=O)NC(Cc1cc(F)cc(F)c1)C(N)CNC1CCCc2ccc(CC(C)C)cc21. The molecule has 4 N–H and O–H groups in total. The molecule has 0 heterocycles. The quantitative estimate of drug-likeness (QED) is 0.544. The third-order valence-electron chi connectivity index (χ3n) is 6.05. The first-order valence-electron chi connectivity index (χ1n) is 11.5. The van der Waals surface area contributed by atoms with Gasteiger partial charge in [0.1, 0.15) is 11.6 Å². The topological polar surface area (TPSA) is 67.2 Å².